The SMILES string of the molecule is CCCCCC[C@H](CCCCC[C@@H](O)C(N)=O)OC(=O)[C@@H]1CC=CN1C(=O)c1ccc(O)cc1. The molecule has 0 fully saturated rings. The Morgan fingerprint density at radius 3 is 2.26 bits per heavy atom. The van der Waals surface area contributed by atoms with Gasteiger partial charge in [0.25, 0.3) is 5.91 Å². The van der Waals surface area contributed by atoms with Gasteiger partial charge < -0.3 is 25.6 Å². The Balaban J connectivity index is 1.91. The van der Waals surface area contributed by atoms with E-state index in [1.165, 1.54) is 29.2 Å². The maximum absolute atomic E-state index is 13.0. The number of nitrogens with two attached hydrogens (primary N) is 1. The van der Waals surface area contributed by atoms with Crippen LogP contribution in [0.4, 0.5) is 0 Å². The molecular weight excluding hydrogens is 436 g/mol. The lowest BCUT2D eigenvalue weighted by atomic mass is 10.0. The van der Waals surface area contributed by atoms with Gasteiger partial charge in [-0.25, -0.2) is 4.79 Å². The summed E-state index contributed by atoms with van der Waals surface area (Å²) >= 11 is 0. The Labute approximate surface area is 201 Å². The Bertz CT molecular complexity index is 823. The van der Waals surface area contributed by atoms with E-state index in [9.17, 15) is 24.6 Å². The van der Waals surface area contributed by atoms with Crippen LogP contribution in [0, 0.1) is 0 Å². The number of nitrogens with zero attached hydrogens (tertiary/aromatic N) is 1. The van der Waals surface area contributed by atoms with Gasteiger partial charge in [-0.05, 0) is 62.8 Å². The first-order chi connectivity index (χ1) is 16.3. The van der Waals surface area contributed by atoms with Crippen molar-refractivity contribution in [2.45, 2.75) is 95.8 Å². The second kappa shape index (κ2) is 14.4. The van der Waals surface area contributed by atoms with Gasteiger partial charge in [-0.3, -0.25) is 9.59 Å². The van der Waals surface area contributed by atoms with Crippen LogP contribution in [0.5, 0.6) is 5.75 Å². The summed E-state index contributed by atoms with van der Waals surface area (Å²) in [7, 11) is 0. The number of benzene rings is 1. The molecule has 0 radical (unpaired) electrons. The molecule has 0 bridgehead atoms. The van der Waals surface area contributed by atoms with Gasteiger partial charge in [0.2, 0.25) is 5.91 Å². The Morgan fingerprint density at radius 1 is 1.03 bits per heavy atom. The summed E-state index contributed by atoms with van der Waals surface area (Å²) in [6.45, 7) is 2.14. The number of aromatic hydroxyl groups is 1. The van der Waals surface area contributed by atoms with Crippen LogP contribution in [0.1, 0.15) is 87.9 Å². The summed E-state index contributed by atoms with van der Waals surface area (Å²) in [6, 6.07) is 5.23. The topological polar surface area (TPSA) is 130 Å². The van der Waals surface area contributed by atoms with Gasteiger partial charge in [0.1, 0.15) is 24.0 Å². The molecule has 1 aromatic rings. The molecule has 2 amide bonds. The molecule has 1 aliphatic heterocycles. The molecule has 0 aliphatic carbocycles. The average Bonchev–Trinajstić information content (AvgIpc) is 3.31. The zero-order chi connectivity index (χ0) is 24.9. The van der Waals surface area contributed by atoms with E-state index in [4.69, 9.17) is 10.5 Å². The molecule has 8 heteroatoms. The third-order valence-corrected chi connectivity index (χ3v) is 6.08. The monoisotopic (exact) mass is 474 g/mol. The molecule has 0 unspecified atom stereocenters. The smallest absolute Gasteiger partial charge is 0.329 e. The van der Waals surface area contributed by atoms with Crippen LogP contribution in [0.2, 0.25) is 0 Å². The standard InChI is InChI=1S/C26H38N2O6/c1-2-3-4-6-10-21(11-7-5-8-13-23(30)24(27)31)34-26(33)22-12-9-18-28(22)25(32)19-14-16-20(29)17-15-19/h9,14-18,21-23,29-30H,2-8,10-13H2,1H3,(H2,27,31)/t21-,22+,23-/m1/s1. The van der Waals surface area contributed by atoms with E-state index in [-0.39, 0.29) is 17.8 Å². The predicted molar refractivity (Wildman–Crippen MR) is 129 cm³/mol. The number of unbranched alkanes of at least 4 members (excludes halogenated alkanes) is 5. The number of carbonyl (C=O) groups is 3. The van der Waals surface area contributed by atoms with Crippen molar-refractivity contribution in [2.75, 3.05) is 0 Å². The lowest BCUT2D eigenvalue weighted by molar-refractivity contribution is -0.154. The minimum Gasteiger partial charge on any atom is -0.508 e. The first-order valence-electron chi connectivity index (χ1n) is 12.3. The minimum atomic E-state index is -1.12. The van der Waals surface area contributed by atoms with Gasteiger partial charge in [-0.2, -0.15) is 0 Å². The quantitative estimate of drug-likeness (QED) is 0.262. The van der Waals surface area contributed by atoms with E-state index in [1.807, 2.05) is 0 Å². The van der Waals surface area contributed by atoms with E-state index in [2.05, 4.69) is 6.92 Å². The van der Waals surface area contributed by atoms with Gasteiger partial charge in [0.05, 0.1) is 0 Å². The zero-order valence-corrected chi connectivity index (χ0v) is 20.0. The molecule has 0 saturated carbocycles. The number of phenols is 1. The number of hydrogen-bond donors (Lipinski definition) is 3. The van der Waals surface area contributed by atoms with Gasteiger partial charge >= 0.3 is 5.97 Å². The van der Waals surface area contributed by atoms with Gasteiger partial charge in [0, 0.05) is 11.8 Å². The van der Waals surface area contributed by atoms with Crippen molar-refractivity contribution in [3.8, 4) is 5.75 Å². The lowest BCUT2D eigenvalue weighted by Gasteiger charge is -2.25. The number of ether oxygens (including phenoxy) is 1. The van der Waals surface area contributed by atoms with Crippen LogP contribution >= 0.6 is 0 Å². The first kappa shape index (κ1) is 27.4. The molecule has 0 spiro atoms. The lowest BCUT2D eigenvalue weighted by Crippen LogP contribution is -2.41. The van der Waals surface area contributed by atoms with Crippen molar-refractivity contribution in [1.82, 2.24) is 4.90 Å². The summed E-state index contributed by atoms with van der Waals surface area (Å²) in [5, 5.41) is 19.0. The second-order valence-electron chi connectivity index (χ2n) is 8.86. The number of hydrogen-bond acceptors (Lipinski definition) is 6. The van der Waals surface area contributed by atoms with Crippen LogP contribution < -0.4 is 5.73 Å². The molecular formula is C26H38N2O6. The van der Waals surface area contributed by atoms with E-state index in [0.717, 1.165) is 44.9 Å². The van der Waals surface area contributed by atoms with Crippen LogP contribution in [0.25, 0.3) is 0 Å². The molecule has 1 heterocycles. The normalized spacial score (nSPS) is 16.9. The summed E-state index contributed by atoms with van der Waals surface area (Å²) in [5.74, 6) is -1.37. The van der Waals surface area contributed by atoms with Crippen molar-refractivity contribution >= 4 is 17.8 Å². The number of phenolic OH excluding ortho intramolecular Hbond substituents is 1. The number of carbonyl (C=O) groups excluding carboxylic acids is 3. The number of amides is 2. The van der Waals surface area contributed by atoms with E-state index in [0.29, 0.717) is 31.2 Å². The van der Waals surface area contributed by atoms with Crippen molar-refractivity contribution in [3.63, 3.8) is 0 Å². The average molecular weight is 475 g/mol. The van der Waals surface area contributed by atoms with E-state index >= 15 is 0 Å². The second-order valence-corrected chi connectivity index (χ2v) is 8.86. The number of aliphatic hydroxyl groups excluding tert-OH is 1. The van der Waals surface area contributed by atoms with Gasteiger partial charge in [-0.15, -0.1) is 0 Å². The fourth-order valence-electron chi connectivity index (χ4n) is 4.03. The number of rotatable bonds is 15. The number of primary amides is 1. The third-order valence-electron chi connectivity index (χ3n) is 6.08. The van der Waals surface area contributed by atoms with Gasteiger partial charge in [-0.1, -0.05) is 45.1 Å². The first-order valence-corrected chi connectivity index (χ1v) is 12.3. The van der Waals surface area contributed by atoms with Crippen molar-refractivity contribution in [2.24, 2.45) is 5.73 Å². The molecule has 1 aromatic carbocycles. The highest BCUT2D eigenvalue weighted by Gasteiger charge is 2.34. The molecule has 188 valence electrons. The molecule has 0 saturated heterocycles. The Hall–Kier alpha value is -2.87. The van der Waals surface area contributed by atoms with Crippen molar-refractivity contribution in [3.05, 3.63) is 42.1 Å². The minimum absolute atomic E-state index is 0.0690. The predicted octanol–water partition coefficient (Wildman–Crippen LogP) is 3.80. The van der Waals surface area contributed by atoms with Crippen molar-refractivity contribution in [1.29, 1.82) is 0 Å². The molecule has 1 aliphatic rings. The number of esters is 1. The van der Waals surface area contributed by atoms with Gasteiger partial charge in [0.15, 0.2) is 0 Å². The maximum Gasteiger partial charge on any atom is 0.329 e. The Kier molecular flexibility index (Phi) is 11.6. The zero-order valence-electron chi connectivity index (χ0n) is 20.0. The number of aliphatic hydroxyl groups is 1. The molecule has 3 atom stereocenters. The summed E-state index contributed by atoms with van der Waals surface area (Å²) in [5.41, 5.74) is 5.46. The fourth-order valence-corrected chi connectivity index (χ4v) is 4.03. The third kappa shape index (κ3) is 8.82. The van der Waals surface area contributed by atoms with Crippen molar-refractivity contribution < 1.29 is 29.3 Å². The summed E-state index contributed by atoms with van der Waals surface area (Å²) in [4.78, 5) is 38.2. The largest absolute Gasteiger partial charge is 0.508 e. The highest BCUT2D eigenvalue weighted by atomic mass is 16.5. The van der Waals surface area contributed by atoms with Crippen LogP contribution in [0.3, 0.4) is 0 Å². The molecule has 0 aromatic heterocycles. The van der Waals surface area contributed by atoms with Crippen LogP contribution in [0.15, 0.2) is 36.5 Å². The fraction of sp³-hybridized carbons (Fsp3) is 0.577. The molecule has 2 rings (SSSR count). The van der Waals surface area contributed by atoms with E-state index in [1.54, 1.807) is 12.3 Å². The summed E-state index contributed by atoms with van der Waals surface area (Å²) < 4.78 is 5.88. The van der Waals surface area contributed by atoms with Crippen LogP contribution in [-0.4, -0.2) is 51.1 Å². The molecule has 8 nitrogen and oxygen atoms in total. The molecule has 34 heavy (non-hydrogen) atoms. The van der Waals surface area contributed by atoms with Crippen LogP contribution in [-0.2, 0) is 14.3 Å². The highest BCUT2D eigenvalue weighted by Crippen LogP contribution is 2.23. The Morgan fingerprint density at radius 2 is 1.65 bits per heavy atom. The highest BCUT2D eigenvalue weighted by molar-refractivity contribution is 5.98. The maximum atomic E-state index is 13.0. The van der Waals surface area contributed by atoms with E-state index < -0.39 is 24.0 Å². The summed E-state index contributed by atoms with van der Waals surface area (Å²) in [6.07, 6.45) is 10.8. The molecule has 4 N–H and O–H groups in total.